The highest BCUT2D eigenvalue weighted by Gasteiger charge is 2.29. The van der Waals surface area contributed by atoms with Gasteiger partial charge in [-0.25, -0.2) is 8.42 Å². The van der Waals surface area contributed by atoms with E-state index in [2.05, 4.69) is 17.6 Å². The maximum absolute atomic E-state index is 12.5. The predicted molar refractivity (Wildman–Crippen MR) is 122 cm³/mol. The van der Waals surface area contributed by atoms with E-state index in [-0.39, 0.29) is 24.0 Å². The lowest BCUT2D eigenvalue weighted by molar-refractivity contribution is -0.115. The van der Waals surface area contributed by atoms with E-state index in [4.69, 9.17) is 0 Å². The predicted octanol–water partition coefficient (Wildman–Crippen LogP) is 3.75. The van der Waals surface area contributed by atoms with Gasteiger partial charge < -0.3 is 10.6 Å². The van der Waals surface area contributed by atoms with Crippen molar-refractivity contribution >= 4 is 27.3 Å². The third-order valence-corrected chi connectivity index (χ3v) is 7.36. The highest BCUT2D eigenvalue weighted by atomic mass is 32.2. The molecule has 2 aromatic carbocycles. The van der Waals surface area contributed by atoms with Gasteiger partial charge in [-0.2, -0.15) is 0 Å². The van der Waals surface area contributed by atoms with Crippen molar-refractivity contribution in [3.05, 3.63) is 59.2 Å². The second-order valence-corrected chi connectivity index (χ2v) is 10.2. The van der Waals surface area contributed by atoms with Crippen molar-refractivity contribution in [1.29, 1.82) is 0 Å². The second kappa shape index (κ2) is 10.1. The molecule has 0 radical (unpaired) electrons. The molecule has 1 saturated carbocycles. The van der Waals surface area contributed by atoms with E-state index < -0.39 is 9.84 Å². The number of sulfone groups is 1. The van der Waals surface area contributed by atoms with Crippen molar-refractivity contribution < 1.29 is 18.0 Å². The number of carbonyl (C=O) groups is 2. The first-order chi connectivity index (χ1) is 14.8. The Hall–Kier alpha value is -2.67. The third kappa shape index (κ3) is 6.40. The Morgan fingerprint density at radius 1 is 1.06 bits per heavy atom. The molecule has 2 amide bonds. The lowest BCUT2D eigenvalue weighted by Gasteiger charge is -2.12. The Bertz CT molecular complexity index is 1040. The number of unbranched alkanes of at least 4 members (excludes halogenated alkanes) is 1. The van der Waals surface area contributed by atoms with E-state index in [1.807, 2.05) is 6.07 Å². The van der Waals surface area contributed by atoms with Crippen LogP contribution in [0.2, 0.25) is 0 Å². The van der Waals surface area contributed by atoms with Crippen LogP contribution < -0.4 is 10.6 Å². The summed E-state index contributed by atoms with van der Waals surface area (Å²) in [6.45, 7) is 2.09. The van der Waals surface area contributed by atoms with Crippen LogP contribution in [-0.4, -0.2) is 33.0 Å². The summed E-state index contributed by atoms with van der Waals surface area (Å²) in [4.78, 5) is 24.9. The van der Waals surface area contributed by atoms with Gasteiger partial charge in [-0.05, 0) is 73.1 Å². The largest absolute Gasteiger partial charge is 0.355 e. The van der Waals surface area contributed by atoms with Crippen molar-refractivity contribution in [3.8, 4) is 0 Å². The normalized spacial score (nSPS) is 13.6. The fraction of sp³-hybridized carbons (Fsp3) is 0.417. The molecular formula is C24H30N2O4S. The number of hydrogen-bond donors (Lipinski definition) is 2. The van der Waals surface area contributed by atoms with Crippen molar-refractivity contribution in [2.45, 2.75) is 50.3 Å². The average molecular weight is 443 g/mol. The van der Waals surface area contributed by atoms with Gasteiger partial charge in [0.05, 0.1) is 17.1 Å². The fourth-order valence-corrected chi connectivity index (χ4v) is 5.20. The number of carbonyl (C=O) groups excluding carboxylic acids is 2. The van der Waals surface area contributed by atoms with Gasteiger partial charge in [0.2, 0.25) is 5.91 Å². The summed E-state index contributed by atoms with van der Waals surface area (Å²) in [6, 6.07) is 11.9. The van der Waals surface area contributed by atoms with Crippen LogP contribution in [0.1, 0.15) is 54.1 Å². The van der Waals surface area contributed by atoms with Crippen LogP contribution in [0.3, 0.4) is 0 Å². The molecule has 0 spiro atoms. The standard InChI is InChI=1S/C24H30N2O4S/c1-3-4-5-19-15-20(10-13-22(19)24(28)25-2)26-23(27)14-17-8-11-21(12-9-17)31(29,30)16-18-6-7-18/h8-13,15,18H,3-7,14,16H2,1-2H3,(H,25,28)(H,26,27). The highest BCUT2D eigenvalue weighted by Crippen LogP contribution is 2.32. The fourth-order valence-electron chi connectivity index (χ4n) is 3.50. The average Bonchev–Trinajstić information content (AvgIpc) is 3.55. The van der Waals surface area contributed by atoms with E-state index in [9.17, 15) is 18.0 Å². The van der Waals surface area contributed by atoms with Crippen LogP contribution in [0.4, 0.5) is 5.69 Å². The van der Waals surface area contributed by atoms with E-state index in [1.165, 1.54) is 0 Å². The maximum Gasteiger partial charge on any atom is 0.251 e. The maximum atomic E-state index is 12.5. The lowest BCUT2D eigenvalue weighted by Crippen LogP contribution is -2.20. The molecule has 7 heteroatoms. The zero-order valence-corrected chi connectivity index (χ0v) is 18.9. The van der Waals surface area contributed by atoms with Crippen molar-refractivity contribution in [2.75, 3.05) is 18.1 Å². The summed E-state index contributed by atoms with van der Waals surface area (Å²) in [5, 5.41) is 5.53. The summed E-state index contributed by atoms with van der Waals surface area (Å²) in [7, 11) is -1.65. The van der Waals surface area contributed by atoms with E-state index in [1.54, 1.807) is 43.4 Å². The molecule has 31 heavy (non-hydrogen) atoms. The molecule has 2 aromatic rings. The van der Waals surface area contributed by atoms with Gasteiger partial charge in [0.15, 0.2) is 9.84 Å². The Morgan fingerprint density at radius 3 is 2.39 bits per heavy atom. The first kappa shape index (κ1) is 23.0. The van der Waals surface area contributed by atoms with Gasteiger partial charge in [0, 0.05) is 18.3 Å². The molecule has 2 N–H and O–H groups in total. The van der Waals surface area contributed by atoms with Crippen molar-refractivity contribution in [3.63, 3.8) is 0 Å². The van der Waals surface area contributed by atoms with Gasteiger partial charge in [-0.3, -0.25) is 9.59 Å². The molecule has 0 aromatic heterocycles. The molecule has 0 unspecified atom stereocenters. The molecule has 0 atom stereocenters. The van der Waals surface area contributed by atoms with Gasteiger partial charge in [0.25, 0.3) is 5.91 Å². The van der Waals surface area contributed by atoms with Crippen LogP contribution in [-0.2, 0) is 27.5 Å². The number of rotatable bonds is 10. The number of amides is 2. The lowest BCUT2D eigenvalue weighted by atomic mass is 10.0. The van der Waals surface area contributed by atoms with Gasteiger partial charge in [-0.1, -0.05) is 25.5 Å². The topological polar surface area (TPSA) is 92.3 Å². The minimum absolute atomic E-state index is 0.138. The quantitative estimate of drug-likeness (QED) is 0.586. The van der Waals surface area contributed by atoms with Crippen molar-refractivity contribution in [1.82, 2.24) is 5.32 Å². The Morgan fingerprint density at radius 2 is 1.77 bits per heavy atom. The van der Waals surface area contributed by atoms with E-state index in [0.717, 1.165) is 43.2 Å². The molecule has 1 fully saturated rings. The molecule has 6 nitrogen and oxygen atoms in total. The highest BCUT2D eigenvalue weighted by molar-refractivity contribution is 7.91. The molecule has 0 saturated heterocycles. The van der Waals surface area contributed by atoms with Crippen LogP contribution in [0.5, 0.6) is 0 Å². The Kier molecular flexibility index (Phi) is 7.49. The number of hydrogen-bond acceptors (Lipinski definition) is 4. The summed E-state index contributed by atoms with van der Waals surface area (Å²) in [6.07, 6.45) is 4.85. The summed E-state index contributed by atoms with van der Waals surface area (Å²) in [5.41, 5.74) is 2.92. The minimum Gasteiger partial charge on any atom is -0.355 e. The van der Waals surface area contributed by atoms with Gasteiger partial charge >= 0.3 is 0 Å². The zero-order chi connectivity index (χ0) is 22.4. The van der Waals surface area contributed by atoms with Crippen LogP contribution in [0, 0.1) is 5.92 Å². The Labute approximate surface area is 184 Å². The monoisotopic (exact) mass is 442 g/mol. The van der Waals surface area contributed by atoms with Gasteiger partial charge in [-0.15, -0.1) is 0 Å². The summed E-state index contributed by atoms with van der Waals surface area (Å²) < 4.78 is 24.7. The summed E-state index contributed by atoms with van der Waals surface area (Å²) >= 11 is 0. The summed E-state index contributed by atoms with van der Waals surface area (Å²) in [5.74, 6) is 0.176. The molecule has 1 aliphatic carbocycles. The molecule has 0 heterocycles. The van der Waals surface area contributed by atoms with Crippen LogP contribution in [0.15, 0.2) is 47.4 Å². The smallest absolute Gasteiger partial charge is 0.251 e. The SMILES string of the molecule is CCCCc1cc(NC(=O)Cc2ccc(S(=O)(=O)CC3CC3)cc2)ccc1C(=O)NC. The van der Waals surface area contributed by atoms with Crippen LogP contribution >= 0.6 is 0 Å². The number of benzene rings is 2. The second-order valence-electron chi connectivity index (χ2n) is 8.15. The number of nitrogens with one attached hydrogen (secondary N) is 2. The van der Waals surface area contributed by atoms with Crippen LogP contribution in [0.25, 0.3) is 0 Å². The van der Waals surface area contributed by atoms with Crippen molar-refractivity contribution in [2.24, 2.45) is 5.92 Å². The van der Waals surface area contributed by atoms with E-state index in [0.29, 0.717) is 22.1 Å². The zero-order valence-electron chi connectivity index (χ0n) is 18.1. The molecule has 0 aliphatic heterocycles. The molecular weight excluding hydrogens is 412 g/mol. The molecule has 1 aliphatic rings. The number of aryl methyl sites for hydroxylation is 1. The molecule has 3 rings (SSSR count). The first-order valence-electron chi connectivity index (χ1n) is 10.8. The van der Waals surface area contributed by atoms with E-state index >= 15 is 0 Å². The first-order valence-corrected chi connectivity index (χ1v) is 12.4. The molecule has 0 bridgehead atoms. The molecule has 166 valence electrons. The third-order valence-electron chi connectivity index (χ3n) is 5.46. The minimum atomic E-state index is -3.25. The van der Waals surface area contributed by atoms with Gasteiger partial charge in [0.1, 0.15) is 0 Å². The number of anilines is 1. The Balaban J connectivity index is 1.65.